The highest BCUT2D eigenvalue weighted by molar-refractivity contribution is 5.89. The molecule has 1 aliphatic heterocycles. The fraction of sp³-hybridized carbons (Fsp3) is 0.529. The summed E-state index contributed by atoms with van der Waals surface area (Å²) in [4.78, 5) is 28.3. The largest absolute Gasteiger partial charge is 0.444 e. The lowest BCUT2D eigenvalue weighted by Gasteiger charge is -2.36. The van der Waals surface area contributed by atoms with E-state index in [1.165, 1.54) is 6.33 Å². The summed E-state index contributed by atoms with van der Waals surface area (Å²) < 4.78 is 19.6. The van der Waals surface area contributed by atoms with Crippen molar-refractivity contribution < 1.29 is 13.9 Å². The molecule has 1 fully saturated rings. The molecule has 2 aromatic heterocycles. The van der Waals surface area contributed by atoms with Crippen LogP contribution in [0.25, 0.3) is 10.9 Å². The van der Waals surface area contributed by atoms with Crippen molar-refractivity contribution in [1.29, 1.82) is 0 Å². The Bertz CT molecular complexity index is 797. The molecular weight excluding hydrogens is 325 g/mol. The van der Waals surface area contributed by atoms with Gasteiger partial charge in [0.25, 0.3) is 0 Å². The van der Waals surface area contributed by atoms with Gasteiger partial charge in [0, 0.05) is 32.4 Å². The van der Waals surface area contributed by atoms with Gasteiger partial charge in [0.05, 0.1) is 11.1 Å². The predicted molar refractivity (Wildman–Crippen MR) is 92.0 cm³/mol. The van der Waals surface area contributed by atoms with Crippen molar-refractivity contribution in [1.82, 2.24) is 19.9 Å². The first-order valence-corrected chi connectivity index (χ1v) is 8.25. The molecule has 1 saturated heterocycles. The molecule has 134 valence electrons. The molecule has 0 aromatic carbocycles. The zero-order valence-corrected chi connectivity index (χ0v) is 14.9. The molecule has 2 aromatic rings. The first-order valence-electron chi connectivity index (χ1n) is 8.25. The highest BCUT2D eigenvalue weighted by Gasteiger charge is 2.27. The molecular formula is C17H22FN5O2. The van der Waals surface area contributed by atoms with Crippen molar-refractivity contribution in [3.63, 3.8) is 0 Å². The van der Waals surface area contributed by atoms with Gasteiger partial charge in [-0.25, -0.2) is 19.2 Å². The van der Waals surface area contributed by atoms with E-state index in [-0.39, 0.29) is 11.6 Å². The van der Waals surface area contributed by atoms with Crippen LogP contribution in [0.2, 0.25) is 0 Å². The molecule has 1 amide bonds. The number of pyridine rings is 1. The number of amides is 1. The Morgan fingerprint density at radius 1 is 1.16 bits per heavy atom. The lowest BCUT2D eigenvalue weighted by Crippen LogP contribution is -2.50. The fourth-order valence-electron chi connectivity index (χ4n) is 2.75. The summed E-state index contributed by atoms with van der Waals surface area (Å²) in [6.07, 6.45) is 2.65. The highest BCUT2D eigenvalue weighted by atomic mass is 19.1. The maximum absolute atomic E-state index is 14.2. The highest BCUT2D eigenvalue weighted by Crippen LogP contribution is 2.26. The van der Waals surface area contributed by atoms with Crippen LogP contribution in [0.3, 0.4) is 0 Å². The number of carbonyl (C=O) groups is 1. The lowest BCUT2D eigenvalue weighted by molar-refractivity contribution is 0.0240. The van der Waals surface area contributed by atoms with E-state index in [0.29, 0.717) is 43.1 Å². The standard InChI is InChI=1S/C17H22FN5O2/c1-11-13(18)14-12(9-19-11)15(21-10-20-14)22-5-7-23(8-6-22)16(24)25-17(2,3)4/h9-10H,5-8H2,1-4H3. The number of hydrogen-bond donors (Lipinski definition) is 0. The molecule has 25 heavy (non-hydrogen) atoms. The minimum atomic E-state index is -0.516. The van der Waals surface area contributed by atoms with E-state index in [4.69, 9.17) is 4.74 Å². The maximum atomic E-state index is 14.2. The smallest absolute Gasteiger partial charge is 0.410 e. The Morgan fingerprint density at radius 3 is 2.48 bits per heavy atom. The Labute approximate surface area is 145 Å². The van der Waals surface area contributed by atoms with E-state index in [0.717, 1.165) is 0 Å². The Balaban J connectivity index is 1.77. The molecule has 1 aliphatic rings. The number of hydrogen-bond acceptors (Lipinski definition) is 6. The van der Waals surface area contributed by atoms with Crippen molar-refractivity contribution in [2.75, 3.05) is 31.1 Å². The number of fused-ring (bicyclic) bond motifs is 1. The third-order valence-electron chi connectivity index (χ3n) is 4.01. The number of anilines is 1. The Kier molecular flexibility index (Phi) is 4.45. The first-order chi connectivity index (χ1) is 11.8. The van der Waals surface area contributed by atoms with Gasteiger partial charge in [0.15, 0.2) is 5.82 Å². The molecule has 0 atom stereocenters. The number of rotatable bonds is 1. The minimum Gasteiger partial charge on any atom is -0.444 e. The summed E-state index contributed by atoms with van der Waals surface area (Å²) in [7, 11) is 0. The van der Waals surface area contributed by atoms with Crippen molar-refractivity contribution in [3.05, 3.63) is 24.0 Å². The molecule has 0 spiro atoms. The van der Waals surface area contributed by atoms with E-state index in [9.17, 15) is 9.18 Å². The normalized spacial score (nSPS) is 15.6. The van der Waals surface area contributed by atoms with Crippen LogP contribution in [0.15, 0.2) is 12.5 Å². The number of aromatic nitrogens is 3. The van der Waals surface area contributed by atoms with E-state index >= 15 is 0 Å². The van der Waals surface area contributed by atoms with Crippen molar-refractivity contribution in [2.24, 2.45) is 0 Å². The third kappa shape index (κ3) is 3.62. The number of ether oxygens (including phenoxy) is 1. The van der Waals surface area contributed by atoms with Crippen LogP contribution in [0, 0.1) is 12.7 Å². The van der Waals surface area contributed by atoms with Crippen LogP contribution >= 0.6 is 0 Å². The van der Waals surface area contributed by atoms with E-state index in [1.54, 1.807) is 18.0 Å². The van der Waals surface area contributed by atoms with Gasteiger partial charge in [-0.05, 0) is 27.7 Å². The molecule has 0 saturated carbocycles. The zero-order valence-electron chi connectivity index (χ0n) is 14.9. The van der Waals surface area contributed by atoms with Crippen LogP contribution in [-0.2, 0) is 4.74 Å². The first kappa shape index (κ1) is 17.3. The minimum absolute atomic E-state index is 0.270. The van der Waals surface area contributed by atoms with Gasteiger partial charge >= 0.3 is 6.09 Å². The molecule has 8 heteroatoms. The third-order valence-corrected chi connectivity index (χ3v) is 4.01. The van der Waals surface area contributed by atoms with Gasteiger partial charge in [-0.3, -0.25) is 4.98 Å². The van der Waals surface area contributed by atoms with Gasteiger partial charge in [0.2, 0.25) is 0 Å². The van der Waals surface area contributed by atoms with Gasteiger partial charge in [-0.15, -0.1) is 0 Å². The van der Waals surface area contributed by atoms with Gasteiger partial charge in [-0.2, -0.15) is 0 Å². The van der Waals surface area contributed by atoms with Crippen LogP contribution in [-0.4, -0.2) is 57.7 Å². The topological polar surface area (TPSA) is 71.5 Å². The van der Waals surface area contributed by atoms with Gasteiger partial charge < -0.3 is 14.5 Å². The second-order valence-corrected chi connectivity index (χ2v) is 7.07. The monoisotopic (exact) mass is 347 g/mol. The molecule has 0 radical (unpaired) electrons. The molecule has 0 unspecified atom stereocenters. The number of halogens is 1. The van der Waals surface area contributed by atoms with Crippen molar-refractivity contribution in [3.8, 4) is 0 Å². The Morgan fingerprint density at radius 2 is 1.84 bits per heavy atom. The molecule has 3 heterocycles. The summed E-state index contributed by atoms with van der Waals surface area (Å²) in [6, 6.07) is 0. The van der Waals surface area contributed by atoms with Gasteiger partial charge in [0.1, 0.15) is 23.3 Å². The molecule has 0 N–H and O–H groups in total. The zero-order chi connectivity index (χ0) is 18.2. The van der Waals surface area contributed by atoms with Crippen LogP contribution in [0.5, 0.6) is 0 Å². The number of piperazine rings is 1. The fourth-order valence-corrected chi connectivity index (χ4v) is 2.75. The maximum Gasteiger partial charge on any atom is 0.410 e. The molecule has 0 bridgehead atoms. The number of carbonyl (C=O) groups excluding carboxylic acids is 1. The molecule has 7 nitrogen and oxygen atoms in total. The number of nitrogens with zero attached hydrogens (tertiary/aromatic N) is 5. The van der Waals surface area contributed by atoms with Crippen LogP contribution < -0.4 is 4.90 Å². The molecule has 0 aliphatic carbocycles. The molecule has 3 rings (SSSR count). The van der Waals surface area contributed by atoms with Crippen molar-refractivity contribution in [2.45, 2.75) is 33.3 Å². The quantitative estimate of drug-likeness (QED) is 0.789. The summed E-state index contributed by atoms with van der Waals surface area (Å²) in [6.45, 7) is 9.34. The summed E-state index contributed by atoms with van der Waals surface area (Å²) in [5.41, 5.74) is 0.0666. The SMILES string of the molecule is Cc1ncc2c(N3CCN(C(=O)OC(C)(C)C)CC3)ncnc2c1F. The van der Waals surface area contributed by atoms with Gasteiger partial charge in [-0.1, -0.05) is 0 Å². The summed E-state index contributed by atoms with van der Waals surface area (Å²) in [5, 5.41) is 0.580. The average Bonchev–Trinajstić information content (AvgIpc) is 2.56. The Hall–Kier alpha value is -2.51. The van der Waals surface area contributed by atoms with E-state index < -0.39 is 11.4 Å². The predicted octanol–water partition coefficient (Wildman–Crippen LogP) is 2.53. The lowest BCUT2D eigenvalue weighted by atomic mass is 10.2. The van der Waals surface area contributed by atoms with Crippen LogP contribution in [0.4, 0.5) is 15.0 Å². The van der Waals surface area contributed by atoms with Crippen molar-refractivity contribution >= 4 is 22.8 Å². The average molecular weight is 347 g/mol. The van der Waals surface area contributed by atoms with E-state index in [2.05, 4.69) is 15.0 Å². The van der Waals surface area contributed by atoms with E-state index in [1.807, 2.05) is 25.7 Å². The van der Waals surface area contributed by atoms with Crippen LogP contribution in [0.1, 0.15) is 26.5 Å². The second-order valence-electron chi connectivity index (χ2n) is 7.07. The number of aryl methyl sites for hydroxylation is 1. The second kappa shape index (κ2) is 6.42. The summed E-state index contributed by atoms with van der Waals surface area (Å²) in [5.74, 6) is 0.216. The summed E-state index contributed by atoms with van der Waals surface area (Å²) >= 11 is 0.